The van der Waals surface area contributed by atoms with Crippen molar-refractivity contribution < 1.29 is 14.7 Å². The molecule has 1 aliphatic carbocycles. The quantitative estimate of drug-likeness (QED) is 0.778. The number of hydrogen-bond acceptors (Lipinski definition) is 2. The maximum atomic E-state index is 12.6. The van der Waals surface area contributed by atoms with Crippen LogP contribution in [0.3, 0.4) is 0 Å². The summed E-state index contributed by atoms with van der Waals surface area (Å²) in [4.78, 5) is 25.1. The smallest absolute Gasteiger partial charge is 0.323 e. The molecule has 0 heterocycles. The van der Waals surface area contributed by atoms with E-state index in [0.717, 1.165) is 29.3 Å². The van der Waals surface area contributed by atoms with Crippen molar-refractivity contribution >= 4 is 46.1 Å². The minimum atomic E-state index is -0.984. The monoisotopic (exact) mass is 407 g/mol. The van der Waals surface area contributed by atoms with Crippen LogP contribution in [0.4, 0.5) is 0 Å². The molecule has 0 saturated heterocycles. The number of hydrogen-bond donors (Lipinski definition) is 1. The second-order valence-corrected chi connectivity index (χ2v) is 6.49. The van der Waals surface area contributed by atoms with E-state index in [9.17, 15) is 9.59 Å². The number of carbonyl (C=O) groups is 2. The van der Waals surface area contributed by atoms with E-state index < -0.39 is 5.97 Å². The van der Waals surface area contributed by atoms with Gasteiger partial charge in [0.2, 0.25) is 0 Å². The largest absolute Gasteiger partial charge is 0.480 e. The minimum absolute atomic E-state index is 0.0216. The number of amides is 1. The van der Waals surface area contributed by atoms with Gasteiger partial charge in [-0.2, -0.15) is 0 Å². The van der Waals surface area contributed by atoms with E-state index in [4.69, 9.17) is 16.7 Å². The third-order valence-electron chi connectivity index (χ3n) is 3.49. The predicted octanol–water partition coefficient (Wildman–Crippen LogP) is 3.41. The fourth-order valence-corrected chi connectivity index (χ4v) is 3.28. The third kappa shape index (κ3) is 3.63. The van der Waals surface area contributed by atoms with Crippen molar-refractivity contribution in [2.75, 3.05) is 6.54 Å². The maximum Gasteiger partial charge on any atom is 0.323 e. The van der Waals surface area contributed by atoms with Crippen molar-refractivity contribution in [3.8, 4) is 0 Å². The van der Waals surface area contributed by atoms with Crippen LogP contribution in [-0.4, -0.2) is 34.5 Å². The van der Waals surface area contributed by atoms with Crippen LogP contribution in [0, 0.1) is 3.57 Å². The Morgan fingerprint density at radius 3 is 2.60 bits per heavy atom. The molecule has 1 aromatic carbocycles. The Hall–Kier alpha value is -0.820. The van der Waals surface area contributed by atoms with Gasteiger partial charge >= 0.3 is 5.97 Å². The molecule has 0 aromatic heterocycles. The number of nitrogens with zero attached hydrogens (tertiary/aromatic N) is 1. The van der Waals surface area contributed by atoms with E-state index in [2.05, 4.69) is 22.6 Å². The first-order valence-electron chi connectivity index (χ1n) is 6.47. The van der Waals surface area contributed by atoms with Crippen molar-refractivity contribution in [3.63, 3.8) is 0 Å². The van der Waals surface area contributed by atoms with Gasteiger partial charge in [-0.15, -0.1) is 0 Å². The third-order valence-corrected chi connectivity index (χ3v) is 4.67. The number of halogens is 2. The zero-order valence-electron chi connectivity index (χ0n) is 10.8. The van der Waals surface area contributed by atoms with E-state index in [1.807, 2.05) is 0 Å². The molecule has 0 radical (unpaired) electrons. The average molecular weight is 408 g/mol. The topological polar surface area (TPSA) is 57.6 Å². The van der Waals surface area contributed by atoms with Crippen molar-refractivity contribution in [2.45, 2.75) is 31.7 Å². The Morgan fingerprint density at radius 2 is 2.00 bits per heavy atom. The zero-order chi connectivity index (χ0) is 14.7. The van der Waals surface area contributed by atoms with E-state index >= 15 is 0 Å². The summed E-state index contributed by atoms with van der Waals surface area (Å²) in [7, 11) is 0. The van der Waals surface area contributed by atoms with E-state index in [0.29, 0.717) is 10.6 Å². The second-order valence-electron chi connectivity index (χ2n) is 4.89. The van der Waals surface area contributed by atoms with Crippen LogP contribution in [0.15, 0.2) is 18.2 Å². The van der Waals surface area contributed by atoms with Gasteiger partial charge in [0.1, 0.15) is 6.54 Å². The number of carboxylic acids is 1. The molecule has 0 atom stereocenters. The summed E-state index contributed by atoms with van der Waals surface area (Å²) in [6, 6.07) is 5.12. The Labute approximate surface area is 136 Å². The van der Waals surface area contributed by atoms with Gasteiger partial charge < -0.3 is 10.0 Å². The van der Waals surface area contributed by atoms with Crippen LogP contribution in [-0.2, 0) is 4.79 Å². The predicted molar refractivity (Wildman–Crippen MR) is 85.1 cm³/mol. The lowest BCUT2D eigenvalue weighted by Gasteiger charge is -2.27. The normalized spacial score (nSPS) is 15.3. The standard InChI is InChI=1S/C14H15ClINO3/c15-9-5-6-12(16)11(7-9)14(20)17(8-13(18)19)10-3-1-2-4-10/h5-7,10H,1-4,8H2,(H,18,19). The highest BCUT2D eigenvalue weighted by Crippen LogP contribution is 2.27. The highest BCUT2D eigenvalue weighted by Gasteiger charge is 2.29. The van der Waals surface area contributed by atoms with Crippen molar-refractivity contribution in [1.29, 1.82) is 0 Å². The van der Waals surface area contributed by atoms with E-state index in [1.54, 1.807) is 18.2 Å². The first-order chi connectivity index (χ1) is 9.49. The molecule has 1 N–H and O–H groups in total. The number of carboxylic acid groups (broad SMARTS) is 1. The number of rotatable bonds is 4. The van der Waals surface area contributed by atoms with Gasteiger partial charge in [0.25, 0.3) is 5.91 Å². The summed E-state index contributed by atoms with van der Waals surface area (Å²) in [5.41, 5.74) is 0.478. The van der Waals surface area contributed by atoms with Crippen molar-refractivity contribution in [2.24, 2.45) is 0 Å². The molecule has 2 rings (SSSR count). The van der Waals surface area contributed by atoms with Gasteiger partial charge in [-0.05, 0) is 53.6 Å². The number of carbonyl (C=O) groups excluding carboxylic acids is 1. The van der Waals surface area contributed by atoms with Crippen molar-refractivity contribution in [1.82, 2.24) is 4.90 Å². The Morgan fingerprint density at radius 1 is 1.35 bits per heavy atom. The van der Waals surface area contributed by atoms with Gasteiger partial charge in [-0.3, -0.25) is 9.59 Å². The molecular formula is C14H15ClINO3. The molecule has 108 valence electrons. The lowest BCUT2D eigenvalue weighted by Crippen LogP contribution is -2.42. The summed E-state index contributed by atoms with van der Waals surface area (Å²) in [5.74, 6) is -1.23. The van der Waals surface area contributed by atoms with Crippen LogP contribution in [0.25, 0.3) is 0 Å². The molecular weight excluding hydrogens is 393 g/mol. The van der Waals surface area contributed by atoms with Gasteiger partial charge in [-0.25, -0.2) is 0 Å². The molecule has 6 heteroatoms. The lowest BCUT2D eigenvalue weighted by molar-refractivity contribution is -0.138. The summed E-state index contributed by atoms with van der Waals surface area (Å²) < 4.78 is 0.783. The van der Waals surface area contributed by atoms with Gasteiger partial charge in [-0.1, -0.05) is 24.4 Å². The highest BCUT2D eigenvalue weighted by atomic mass is 127. The molecule has 4 nitrogen and oxygen atoms in total. The van der Waals surface area contributed by atoms with E-state index in [1.165, 1.54) is 4.90 Å². The first kappa shape index (κ1) is 15.6. The Balaban J connectivity index is 2.29. The number of aliphatic carboxylic acids is 1. The molecule has 1 amide bonds. The zero-order valence-corrected chi connectivity index (χ0v) is 13.7. The SMILES string of the molecule is O=C(O)CN(C(=O)c1cc(Cl)ccc1I)C1CCCC1. The van der Waals surface area contributed by atoms with Crippen LogP contribution in [0.1, 0.15) is 36.0 Å². The van der Waals surface area contributed by atoms with Gasteiger partial charge in [0, 0.05) is 14.6 Å². The summed E-state index contributed by atoms with van der Waals surface area (Å²) >= 11 is 8.01. The van der Waals surface area contributed by atoms with Crippen LogP contribution >= 0.6 is 34.2 Å². The molecule has 0 unspecified atom stereocenters. The summed E-state index contributed by atoms with van der Waals surface area (Å²) in [6.45, 7) is -0.258. The number of benzene rings is 1. The fourth-order valence-electron chi connectivity index (χ4n) is 2.54. The van der Waals surface area contributed by atoms with Crippen LogP contribution < -0.4 is 0 Å². The Bertz CT molecular complexity index is 529. The Kier molecular flexibility index (Phi) is 5.26. The van der Waals surface area contributed by atoms with Crippen LogP contribution in [0.2, 0.25) is 5.02 Å². The van der Waals surface area contributed by atoms with Gasteiger partial charge in [0.05, 0.1) is 5.56 Å². The van der Waals surface area contributed by atoms with Crippen molar-refractivity contribution in [3.05, 3.63) is 32.4 Å². The maximum absolute atomic E-state index is 12.6. The summed E-state index contributed by atoms with van der Waals surface area (Å²) in [5, 5.41) is 9.52. The van der Waals surface area contributed by atoms with Crippen LogP contribution in [0.5, 0.6) is 0 Å². The minimum Gasteiger partial charge on any atom is -0.480 e. The molecule has 1 saturated carbocycles. The molecule has 0 aliphatic heterocycles. The lowest BCUT2D eigenvalue weighted by atomic mass is 10.1. The first-order valence-corrected chi connectivity index (χ1v) is 7.92. The highest BCUT2D eigenvalue weighted by molar-refractivity contribution is 14.1. The molecule has 20 heavy (non-hydrogen) atoms. The molecule has 1 aliphatic rings. The van der Waals surface area contributed by atoms with E-state index in [-0.39, 0.29) is 18.5 Å². The fraction of sp³-hybridized carbons (Fsp3) is 0.429. The summed E-state index contributed by atoms with van der Waals surface area (Å²) in [6.07, 6.45) is 3.83. The molecule has 0 bridgehead atoms. The second kappa shape index (κ2) is 6.76. The van der Waals surface area contributed by atoms with Gasteiger partial charge in [0.15, 0.2) is 0 Å². The molecule has 0 spiro atoms. The molecule has 1 fully saturated rings. The average Bonchev–Trinajstić information content (AvgIpc) is 2.91. The molecule has 1 aromatic rings.